The van der Waals surface area contributed by atoms with Crippen LogP contribution in [0.1, 0.15) is 18.2 Å². The number of nitrogens with two attached hydrogens (primary N) is 1. The first-order valence-electron chi connectivity index (χ1n) is 8.49. The van der Waals surface area contributed by atoms with Crippen molar-refractivity contribution in [2.24, 2.45) is 5.73 Å². The summed E-state index contributed by atoms with van der Waals surface area (Å²) < 4.78 is 7.08. The van der Waals surface area contributed by atoms with Crippen LogP contribution in [0.15, 0.2) is 48.9 Å². The molecule has 0 saturated carbocycles. The number of hydrogen-bond acceptors (Lipinski definition) is 6. The maximum Gasteiger partial charge on any atom is 0.160 e. The van der Waals surface area contributed by atoms with Crippen molar-refractivity contribution in [1.29, 1.82) is 5.41 Å². The number of imidazole rings is 1. The molecule has 0 aliphatic heterocycles. The van der Waals surface area contributed by atoms with Crippen LogP contribution in [0.4, 0.5) is 0 Å². The molecule has 0 bridgehead atoms. The molecule has 0 spiro atoms. The van der Waals surface area contributed by atoms with Gasteiger partial charge in [-0.05, 0) is 19.1 Å². The summed E-state index contributed by atoms with van der Waals surface area (Å²) in [6.07, 6.45) is 4.15. The fourth-order valence-corrected chi connectivity index (χ4v) is 2.60. The lowest BCUT2D eigenvalue weighted by atomic mass is 10.1. The molecule has 0 amide bonds. The molecule has 1 unspecified atom stereocenters. The van der Waals surface area contributed by atoms with E-state index in [0.29, 0.717) is 30.1 Å². The van der Waals surface area contributed by atoms with Crippen molar-refractivity contribution >= 4 is 12.1 Å². The van der Waals surface area contributed by atoms with Crippen molar-refractivity contribution in [2.75, 3.05) is 6.61 Å². The van der Waals surface area contributed by atoms with Gasteiger partial charge in [-0.3, -0.25) is 9.98 Å². The predicted molar refractivity (Wildman–Crippen MR) is 101 cm³/mol. The largest absolute Gasteiger partial charge is 0.384 e. The minimum Gasteiger partial charge on any atom is -0.384 e. The van der Waals surface area contributed by atoms with Crippen LogP contribution in [0.25, 0.3) is 17.1 Å². The molecule has 0 aliphatic rings. The van der Waals surface area contributed by atoms with Crippen molar-refractivity contribution in [3.8, 4) is 17.1 Å². The molecule has 138 valence electrons. The van der Waals surface area contributed by atoms with Gasteiger partial charge in [0.15, 0.2) is 5.82 Å². The Labute approximate surface area is 156 Å². The molecule has 1 aromatic carbocycles. The molecule has 8 heteroatoms. The van der Waals surface area contributed by atoms with Gasteiger partial charge in [-0.25, -0.2) is 4.98 Å². The van der Waals surface area contributed by atoms with Crippen LogP contribution < -0.4 is 5.73 Å². The molecule has 0 aliphatic carbocycles. The molecule has 2 aromatic heterocycles. The van der Waals surface area contributed by atoms with E-state index in [9.17, 15) is 4.79 Å². The topological polar surface area (TPSA) is 120 Å². The summed E-state index contributed by atoms with van der Waals surface area (Å²) in [5.41, 5.74) is 8.47. The van der Waals surface area contributed by atoms with Gasteiger partial charge in [0, 0.05) is 30.4 Å². The number of aromatic nitrogens is 4. The maximum atomic E-state index is 11.0. The number of ether oxygens (including phenoxy) is 1. The van der Waals surface area contributed by atoms with Crippen molar-refractivity contribution in [3.63, 3.8) is 0 Å². The molecule has 3 aromatic rings. The van der Waals surface area contributed by atoms with Crippen molar-refractivity contribution in [1.82, 2.24) is 19.7 Å². The highest BCUT2D eigenvalue weighted by Crippen LogP contribution is 2.18. The van der Waals surface area contributed by atoms with Crippen LogP contribution in [0.3, 0.4) is 0 Å². The van der Waals surface area contributed by atoms with Gasteiger partial charge in [-0.15, -0.1) is 10.2 Å². The average Bonchev–Trinajstić information content (AvgIpc) is 3.16. The molecule has 0 fully saturated rings. The summed E-state index contributed by atoms with van der Waals surface area (Å²) in [4.78, 5) is 15.3. The monoisotopic (exact) mass is 364 g/mol. The Morgan fingerprint density at radius 3 is 2.63 bits per heavy atom. The number of carbonyl (C=O) groups excluding carboxylic acids is 1. The quantitative estimate of drug-likeness (QED) is 0.357. The van der Waals surface area contributed by atoms with Gasteiger partial charge in [0.25, 0.3) is 0 Å². The maximum absolute atomic E-state index is 11.0. The van der Waals surface area contributed by atoms with E-state index in [2.05, 4.69) is 15.2 Å². The smallest absolute Gasteiger partial charge is 0.160 e. The molecule has 3 rings (SSSR count). The lowest BCUT2D eigenvalue weighted by Gasteiger charge is -2.07. The third-order valence-corrected chi connectivity index (χ3v) is 3.99. The number of nitrogen functional groups attached to an aromatic ring is 1. The van der Waals surface area contributed by atoms with Crippen molar-refractivity contribution < 1.29 is 9.53 Å². The normalized spacial score (nSPS) is 11.9. The highest BCUT2D eigenvalue weighted by atomic mass is 16.5. The first-order chi connectivity index (χ1) is 13.1. The zero-order valence-corrected chi connectivity index (χ0v) is 14.9. The number of hydrogen-bond donors (Lipinski definition) is 2. The van der Waals surface area contributed by atoms with E-state index in [1.807, 2.05) is 31.2 Å². The number of amidine groups is 1. The van der Waals surface area contributed by atoms with Gasteiger partial charge in [-0.2, -0.15) is 0 Å². The predicted octanol–water partition coefficient (Wildman–Crippen LogP) is 1.76. The molecular formula is C19H20N6O2. The highest BCUT2D eigenvalue weighted by Gasteiger charge is 2.11. The van der Waals surface area contributed by atoms with Crippen LogP contribution >= 0.6 is 0 Å². The first-order valence-corrected chi connectivity index (χ1v) is 8.49. The summed E-state index contributed by atoms with van der Waals surface area (Å²) in [7, 11) is 0. The number of nitrogens with zero attached hydrogens (tertiary/aromatic N) is 4. The fourth-order valence-electron chi connectivity index (χ4n) is 2.60. The molecule has 2 heterocycles. The Balaban J connectivity index is 1.74. The highest BCUT2D eigenvalue weighted by molar-refractivity contribution is 5.95. The zero-order chi connectivity index (χ0) is 19.2. The van der Waals surface area contributed by atoms with Crippen LogP contribution in [0.2, 0.25) is 0 Å². The van der Waals surface area contributed by atoms with E-state index >= 15 is 0 Å². The molecule has 27 heavy (non-hydrogen) atoms. The second-order valence-corrected chi connectivity index (χ2v) is 5.87. The summed E-state index contributed by atoms with van der Waals surface area (Å²) >= 11 is 0. The average molecular weight is 364 g/mol. The number of carbonyl (C=O) groups is 1. The number of rotatable bonds is 8. The van der Waals surface area contributed by atoms with E-state index in [-0.39, 0.29) is 5.84 Å². The van der Waals surface area contributed by atoms with E-state index in [1.54, 1.807) is 29.2 Å². The zero-order valence-electron chi connectivity index (χ0n) is 14.9. The van der Waals surface area contributed by atoms with Gasteiger partial charge in [0.05, 0.1) is 11.4 Å². The summed E-state index contributed by atoms with van der Waals surface area (Å²) in [5.74, 6) is 0.650. The number of nitrogens with one attached hydrogen (secondary N) is 1. The van der Waals surface area contributed by atoms with Gasteiger partial charge in [0.2, 0.25) is 0 Å². The molecule has 1 atom stereocenters. The van der Waals surface area contributed by atoms with E-state index < -0.39 is 6.10 Å². The third kappa shape index (κ3) is 4.42. The SMILES string of the molecule is CCOC(C=O)Cc1cn(-c2ccc(-c3ccc(C(=N)N)cc3)nn2)cn1. The lowest BCUT2D eigenvalue weighted by Crippen LogP contribution is -2.17. The van der Waals surface area contributed by atoms with Crippen LogP contribution in [0, 0.1) is 5.41 Å². The summed E-state index contributed by atoms with van der Waals surface area (Å²) in [5, 5.41) is 15.9. The standard InChI is InChI=1S/C19H20N6O2/c1-2-27-16(11-26)9-15-10-25(12-22-15)18-8-7-17(23-24-18)13-3-5-14(6-4-13)19(20)21/h3-8,10-12,16H,2,9H2,1H3,(H3,20,21). The summed E-state index contributed by atoms with van der Waals surface area (Å²) in [6, 6.07) is 11.0. The minimum atomic E-state index is -0.496. The molecule has 8 nitrogen and oxygen atoms in total. The van der Waals surface area contributed by atoms with Crippen LogP contribution in [-0.4, -0.2) is 44.6 Å². The van der Waals surface area contributed by atoms with Gasteiger partial charge in [0.1, 0.15) is 24.6 Å². The van der Waals surface area contributed by atoms with Crippen LogP contribution in [-0.2, 0) is 16.0 Å². The van der Waals surface area contributed by atoms with Gasteiger partial charge < -0.3 is 15.3 Å². The first kappa shape index (κ1) is 18.4. The van der Waals surface area contributed by atoms with E-state index in [4.69, 9.17) is 15.9 Å². The van der Waals surface area contributed by atoms with Crippen molar-refractivity contribution in [2.45, 2.75) is 19.4 Å². The van der Waals surface area contributed by atoms with E-state index in [1.165, 1.54) is 0 Å². The lowest BCUT2D eigenvalue weighted by molar-refractivity contribution is -0.117. The Morgan fingerprint density at radius 1 is 1.26 bits per heavy atom. The van der Waals surface area contributed by atoms with Crippen LogP contribution in [0.5, 0.6) is 0 Å². The molecule has 0 saturated heterocycles. The van der Waals surface area contributed by atoms with Crippen molar-refractivity contribution in [3.05, 3.63) is 60.2 Å². The summed E-state index contributed by atoms with van der Waals surface area (Å²) in [6.45, 7) is 2.32. The van der Waals surface area contributed by atoms with E-state index in [0.717, 1.165) is 17.5 Å². The molecule has 0 radical (unpaired) electrons. The number of aldehydes is 1. The minimum absolute atomic E-state index is 0.0278. The molecular weight excluding hydrogens is 344 g/mol. The Hall–Kier alpha value is -3.39. The molecule has 3 N–H and O–H groups in total. The second-order valence-electron chi connectivity index (χ2n) is 5.87. The Bertz CT molecular complexity index is 918. The fraction of sp³-hybridized carbons (Fsp3) is 0.211. The second kappa shape index (κ2) is 8.33. The van der Waals surface area contributed by atoms with Gasteiger partial charge in [-0.1, -0.05) is 24.3 Å². The Morgan fingerprint density at radius 2 is 2.04 bits per heavy atom. The third-order valence-electron chi connectivity index (χ3n) is 3.99. The number of benzene rings is 1. The Kier molecular flexibility index (Phi) is 5.68. The van der Waals surface area contributed by atoms with Gasteiger partial charge >= 0.3 is 0 Å².